The van der Waals surface area contributed by atoms with Crippen LogP contribution in [0.25, 0.3) is 17.8 Å². The Morgan fingerprint density at radius 2 is 1.86 bits per heavy atom. The molecule has 2 atom stereocenters. The number of para-hydroxylation sites is 1. The molecule has 2 unspecified atom stereocenters. The molecule has 1 aliphatic heterocycles. The number of aryl methyl sites for hydroxylation is 1. The molecule has 0 radical (unpaired) electrons. The molecule has 1 amide bonds. The lowest BCUT2D eigenvalue weighted by Gasteiger charge is -2.44. The average Bonchev–Trinajstić information content (AvgIpc) is 3.50. The monoisotopic (exact) mass is 614 g/mol. The minimum absolute atomic E-state index is 0.199. The van der Waals surface area contributed by atoms with E-state index in [1.807, 2.05) is 67.6 Å². The summed E-state index contributed by atoms with van der Waals surface area (Å²) in [6.45, 7) is 6.28. The summed E-state index contributed by atoms with van der Waals surface area (Å²) in [7, 11) is 1.61. The Bertz CT molecular complexity index is 1800. The number of nitriles is 1. The number of fused-ring (bicyclic) bond motifs is 1. The van der Waals surface area contributed by atoms with E-state index in [2.05, 4.69) is 37.2 Å². The standard InChI is InChI=1S/C33H28Cl2N4O2S/c1-19-24(30(35)39(37-19)22-8-6-5-7-9-22)15-10-20-16-25-26(18-36)32(42-29(25)33(2,3)17-20)38-28(27(34)31(38)40)21-11-13-23(41-4)14-12-21/h5-16,27-28H,17H2,1-4H3/b15-10-. The number of anilines is 1. The van der Waals surface area contributed by atoms with Crippen molar-refractivity contribution in [1.82, 2.24) is 9.78 Å². The molecule has 6 nitrogen and oxygen atoms in total. The Balaban J connectivity index is 1.37. The van der Waals surface area contributed by atoms with Crippen molar-refractivity contribution in [2.75, 3.05) is 12.0 Å². The molecule has 42 heavy (non-hydrogen) atoms. The number of hydrogen-bond donors (Lipinski definition) is 0. The molecule has 212 valence electrons. The van der Waals surface area contributed by atoms with Gasteiger partial charge in [-0.3, -0.25) is 9.69 Å². The molecule has 4 aromatic rings. The Labute approximate surface area is 259 Å². The summed E-state index contributed by atoms with van der Waals surface area (Å²) in [5.41, 5.74) is 5.62. The second kappa shape index (κ2) is 10.8. The van der Waals surface area contributed by atoms with Gasteiger partial charge in [0.25, 0.3) is 0 Å². The summed E-state index contributed by atoms with van der Waals surface area (Å²) < 4.78 is 7.02. The third-order valence-corrected chi connectivity index (χ3v) is 10.2. The van der Waals surface area contributed by atoms with Gasteiger partial charge in [-0.25, -0.2) is 4.68 Å². The Morgan fingerprint density at radius 1 is 1.14 bits per heavy atom. The van der Waals surface area contributed by atoms with Crippen molar-refractivity contribution < 1.29 is 9.53 Å². The fourth-order valence-electron chi connectivity index (χ4n) is 5.71. The second-order valence-electron chi connectivity index (χ2n) is 11.1. The van der Waals surface area contributed by atoms with Crippen LogP contribution in [-0.4, -0.2) is 28.2 Å². The number of nitrogens with zero attached hydrogens (tertiary/aromatic N) is 4. The number of ether oxygens (including phenoxy) is 1. The minimum atomic E-state index is -0.698. The predicted octanol–water partition coefficient (Wildman–Crippen LogP) is 8.25. The number of carbonyl (C=O) groups is 1. The zero-order valence-electron chi connectivity index (χ0n) is 23.6. The van der Waals surface area contributed by atoms with Crippen LogP contribution in [0.15, 0.2) is 66.2 Å². The van der Waals surface area contributed by atoms with Gasteiger partial charge in [-0.15, -0.1) is 22.9 Å². The summed E-state index contributed by atoms with van der Waals surface area (Å²) >= 11 is 14.8. The lowest BCUT2D eigenvalue weighted by Crippen LogP contribution is -2.56. The highest BCUT2D eigenvalue weighted by Crippen LogP contribution is 2.53. The third kappa shape index (κ3) is 4.64. The normalized spacial score (nSPS) is 19.3. The van der Waals surface area contributed by atoms with Crippen molar-refractivity contribution in [1.29, 1.82) is 5.26 Å². The molecule has 0 bridgehead atoms. The Hall–Kier alpha value is -3.83. The van der Waals surface area contributed by atoms with Gasteiger partial charge in [0.15, 0.2) is 0 Å². The molecule has 2 aromatic heterocycles. The molecule has 2 aliphatic rings. The van der Waals surface area contributed by atoms with Gasteiger partial charge >= 0.3 is 0 Å². The van der Waals surface area contributed by atoms with Crippen molar-refractivity contribution in [2.45, 2.75) is 44.0 Å². The van der Waals surface area contributed by atoms with Crippen LogP contribution in [0.4, 0.5) is 5.00 Å². The maximum Gasteiger partial charge on any atom is 0.248 e. The number of β-lactam (4-membered cyclic amide) rings is 1. The average molecular weight is 616 g/mol. The highest BCUT2D eigenvalue weighted by atomic mass is 35.5. The van der Waals surface area contributed by atoms with Crippen molar-refractivity contribution in [3.05, 3.63) is 104 Å². The van der Waals surface area contributed by atoms with E-state index in [-0.39, 0.29) is 17.4 Å². The summed E-state index contributed by atoms with van der Waals surface area (Å²) in [5, 5.41) is 15.5. The fourth-order valence-corrected chi connectivity index (χ4v) is 7.78. The molecule has 0 saturated carbocycles. The third-order valence-electron chi connectivity index (χ3n) is 7.85. The topological polar surface area (TPSA) is 71.2 Å². The van der Waals surface area contributed by atoms with Crippen LogP contribution in [0.1, 0.15) is 59.1 Å². The number of aromatic nitrogens is 2. The van der Waals surface area contributed by atoms with E-state index in [0.717, 1.165) is 50.7 Å². The molecule has 3 heterocycles. The number of thiophene rings is 1. The van der Waals surface area contributed by atoms with E-state index in [1.54, 1.807) is 16.7 Å². The Morgan fingerprint density at radius 3 is 2.52 bits per heavy atom. The number of alkyl halides is 1. The van der Waals surface area contributed by atoms with E-state index >= 15 is 0 Å². The number of hydrogen-bond acceptors (Lipinski definition) is 5. The SMILES string of the molecule is COc1ccc(C2C(Cl)C(=O)N2c2sc3c(c2C#N)C=C(/C=C\c2c(C)nn(-c4ccccc4)c2Cl)CC3(C)C)cc1. The first-order valence-electron chi connectivity index (χ1n) is 13.5. The molecule has 0 spiro atoms. The van der Waals surface area contributed by atoms with Crippen LogP contribution in [0, 0.1) is 18.3 Å². The van der Waals surface area contributed by atoms with Crippen LogP contribution in [0.3, 0.4) is 0 Å². The largest absolute Gasteiger partial charge is 0.497 e. The highest BCUT2D eigenvalue weighted by molar-refractivity contribution is 7.17. The summed E-state index contributed by atoms with van der Waals surface area (Å²) in [6.07, 6.45) is 6.87. The van der Waals surface area contributed by atoms with E-state index in [9.17, 15) is 10.1 Å². The number of rotatable bonds is 6. The van der Waals surface area contributed by atoms with Gasteiger partial charge in [0.1, 0.15) is 27.4 Å². The fraction of sp³-hybridized carbons (Fsp3) is 0.242. The van der Waals surface area contributed by atoms with Crippen LogP contribution >= 0.6 is 34.5 Å². The summed E-state index contributed by atoms with van der Waals surface area (Å²) in [5.74, 6) is 0.526. The lowest BCUT2D eigenvalue weighted by atomic mass is 9.77. The van der Waals surface area contributed by atoms with Crippen molar-refractivity contribution in [3.8, 4) is 17.5 Å². The zero-order chi connectivity index (χ0) is 29.8. The highest BCUT2D eigenvalue weighted by Gasteiger charge is 2.50. The van der Waals surface area contributed by atoms with E-state index < -0.39 is 5.38 Å². The van der Waals surface area contributed by atoms with Crippen molar-refractivity contribution >= 4 is 57.6 Å². The number of methoxy groups -OCH3 is 1. The maximum absolute atomic E-state index is 13.1. The van der Waals surface area contributed by atoms with Crippen LogP contribution in [0.2, 0.25) is 5.15 Å². The quantitative estimate of drug-likeness (QED) is 0.162. The van der Waals surface area contributed by atoms with Gasteiger partial charge < -0.3 is 4.74 Å². The lowest BCUT2D eigenvalue weighted by molar-refractivity contribution is -0.123. The van der Waals surface area contributed by atoms with Crippen molar-refractivity contribution in [2.24, 2.45) is 0 Å². The first kappa shape index (κ1) is 28.3. The molecule has 6 rings (SSSR count). The van der Waals surface area contributed by atoms with Crippen LogP contribution < -0.4 is 9.64 Å². The molecular formula is C33H28Cl2N4O2S. The van der Waals surface area contributed by atoms with Gasteiger partial charge in [0.2, 0.25) is 5.91 Å². The molecular weight excluding hydrogens is 587 g/mol. The number of carbonyl (C=O) groups excluding carboxylic acids is 1. The van der Waals surface area contributed by atoms with E-state index in [4.69, 9.17) is 27.9 Å². The molecule has 1 fully saturated rings. The van der Waals surface area contributed by atoms with Gasteiger partial charge in [-0.2, -0.15) is 10.4 Å². The number of amides is 1. The molecule has 1 saturated heterocycles. The molecule has 1 aliphatic carbocycles. The number of benzene rings is 2. The summed E-state index contributed by atoms with van der Waals surface area (Å²) in [4.78, 5) is 15.9. The molecule has 2 aromatic carbocycles. The van der Waals surface area contributed by atoms with Crippen LogP contribution in [0.5, 0.6) is 5.75 Å². The van der Waals surface area contributed by atoms with Gasteiger partial charge in [-0.1, -0.05) is 61.9 Å². The first-order valence-corrected chi connectivity index (χ1v) is 15.2. The smallest absolute Gasteiger partial charge is 0.248 e. The number of allylic oxidation sites excluding steroid dienone is 2. The maximum atomic E-state index is 13.1. The molecule has 0 N–H and O–H groups in total. The molecule has 9 heteroatoms. The summed E-state index contributed by atoms with van der Waals surface area (Å²) in [6, 6.07) is 19.4. The van der Waals surface area contributed by atoms with E-state index in [0.29, 0.717) is 15.7 Å². The van der Waals surface area contributed by atoms with Crippen molar-refractivity contribution in [3.63, 3.8) is 0 Å². The van der Waals surface area contributed by atoms with Gasteiger partial charge in [0, 0.05) is 21.4 Å². The van der Waals surface area contributed by atoms with Crippen LogP contribution in [-0.2, 0) is 10.2 Å². The Kier molecular flexibility index (Phi) is 7.26. The predicted molar refractivity (Wildman–Crippen MR) is 170 cm³/mol. The minimum Gasteiger partial charge on any atom is -0.497 e. The van der Waals surface area contributed by atoms with E-state index in [1.165, 1.54) is 11.3 Å². The second-order valence-corrected chi connectivity index (χ2v) is 12.9. The van der Waals surface area contributed by atoms with Gasteiger partial charge in [-0.05, 0) is 60.9 Å². The first-order chi connectivity index (χ1) is 20.1. The number of halogens is 2. The zero-order valence-corrected chi connectivity index (χ0v) is 25.9. The van der Waals surface area contributed by atoms with Gasteiger partial charge in [0.05, 0.1) is 30.1 Å².